The topological polar surface area (TPSA) is 70.4 Å². The van der Waals surface area contributed by atoms with E-state index in [2.05, 4.69) is 60.6 Å². The molecule has 0 aromatic carbocycles. The van der Waals surface area contributed by atoms with Crippen LogP contribution in [0.5, 0.6) is 0 Å². The van der Waals surface area contributed by atoms with Crippen LogP contribution >= 0.6 is 15.9 Å². The van der Waals surface area contributed by atoms with Gasteiger partial charge in [-0.3, -0.25) is 4.98 Å². The monoisotopic (exact) mass is 403 g/mol. The molecule has 3 aromatic rings. The van der Waals surface area contributed by atoms with Crippen molar-refractivity contribution in [2.45, 2.75) is 13.0 Å². The molecule has 25 heavy (non-hydrogen) atoms. The van der Waals surface area contributed by atoms with E-state index in [0.717, 1.165) is 46.8 Å². The smallest absolute Gasteiger partial charge is 0.173 e. The number of hydrogen-bond donors (Lipinski definition) is 2. The van der Waals surface area contributed by atoms with E-state index in [1.54, 1.807) is 16.9 Å². The van der Waals surface area contributed by atoms with Crippen molar-refractivity contribution in [1.82, 2.24) is 24.5 Å². The molecule has 3 heterocycles. The van der Waals surface area contributed by atoms with E-state index >= 15 is 0 Å². The fourth-order valence-electron chi connectivity index (χ4n) is 2.46. The standard InChI is InChI=1S/C17H22BrN7/c1-24(2)8-4-7-20-15-9-16(21-11-13-5-3-6-19-10-13)25-17(23-15)14(18)12-22-25/h3,5-6,9-10,12,21H,4,7-8,11H2,1-2H3,(H,20,23). The fourth-order valence-corrected chi connectivity index (χ4v) is 2.81. The molecule has 7 nitrogen and oxygen atoms in total. The van der Waals surface area contributed by atoms with Crippen LogP contribution in [0, 0.1) is 0 Å². The lowest BCUT2D eigenvalue weighted by Crippen LogP contribution is -2.17. The molecule has 0 radical (unpaired) electrons. The van der Waals surface area contributed by atoms with E-state index in [1.165, 1.54) is 0 Å². The van der Waals surface area contributed by atoms with Crippen LogP contribution in [0.3, 0.4) is 0 Å². The Bertz CT molecular complexity index is 816. The first kappa shape index (κ1) is 17.6. The van der Waals surface area contributed by atoms with Crippen molar-refractivity contribution in [2.24, 2.45) is 0 Å². The highest BCUT2D eigenvalue weighted by atomic mass is 79.9. The Balaban J connectivity index is 1.76. The lowest BCUT2D eigenvalue weighted by Gasteiger charge is -2.13. The number of nitrogens with zero attached hydrogens (tertiary/aromatic N) is 5. The minimum atomic E-state index is 0.671. The maximum absolute atomic E-state index is 4.64. The molecule has 0 unspecified atom stereocenters. The summed E-state index contributed by atoms with van der Waals surface area (Å²) in [7, 11) is 4.16. The lowest BCUT2D eigenvalue weighted by atomic mass is 10.3. The van der Waals surface area contributed by atoms with Gasteiger partial charge in [-0.05, 0) is 54.6 Å². The zero-order valence-electron chi connectivity index (χ0n) is 14.4. The summed E-state index contributed by atoms with van der Waals surface area (Å²) in [6.07, 6.45) is 6.44. The number of hydrogen-bond acceptors (Lipinski definition) is 6. The maximum atomic E-state index is 4.64. The van der Waals surface area contributed by atoms with Gasteiger partial charge in [-0.2, -0.15) is 9.61 Å². The first-order valence-corrected chi connectivity index (χ1v) is 8.98. The fraction of sp³-hybridized carbons (Fsp3) is 0.353. The van der Waals surface area contributed by atoms with E-state index in [1.807, 2.05) is 24.4 Å². The number of halogens is 1. The molecule has 8 heteroatoms. The predicted octanol–water partition coefficient (Wildman–Crippen LogP) is 2.86. The first-order chi connectivity index (χ1) is 12.1. The molecule has 0 atom stereocenters. The van der Waals surface area contributed by atoms with Gasteiger partial charge < -0.3 is 15.5 Å². The predicted molar refractivity (Wildman–Crippen MR) is 104 cm³/mol. The number of pyridine rings is 1. The van der Waals surface area contributed by atoms with E-state index in [0.29, 0.717) is 6.54 Å². The Morgan fingerprint density at radius 3 is 2.88 bits per heavy atom. The number of anilines is 2. The second-order valence-electron chi connectivity index (χ2n) is 6.05. The molecule has 0 aliphatic heterocycles. The van der Waals surface area contributed by atoms with E-state index in [4.69, 9.17) is 0 Å². The van der Waals surface area contributed by atoms with Crippen molar-refractivity contribution >= 4 is 33.2 Å². The summed E-state index contributed by atoms with van der Waals surface area (Å²) in [6.45, 7) is 2.58. The van der Waals surface area contributed by atoms with Crippen LogP contribution in [0.15, 0.2) is 41.3 Å². The Morgan fingerprint density at radius 2 is 2.12 bits per heavy atom. The van der Waals surface area contributed by atoms with Gasteiger partial charge in [-0.15, -0.1) is 0 Å². The Morgan fingerprint density at radius 1 is 1.24 bits per heavy atom. The molecular formula is C17H22BrN7. The largest absolute Gasteiger partial charge is 0.370 e. The third-order valence-corrected chi connectivity index (χ3v) is 4.27. The summed E-state index contributed by atoms with van der Waals surface area (Å²) in [6, 6.07) is 5.96. The minimum absolute atomic E-state index is 0.671. The van der Waals surface area contributed by atoms with Crippen molar-refractivity contribution in [1.29, 1.82) is 0 Å². The average Bonchev–Trinajstić information content (AvgIpc) is 2.99. The van der Waals surface area contributed by atoms with Crippen molar-refractivity contribution in [3.63, 3.8) is 0 Å². The van der Waals surface area contributed by atoms with Gasteiger partial charge in [0.1, 0.15) is 11.6 Å². The zero-order valence-corrected chi connectivity index (χ0v) is 16.0. The van der Waals surface area contributed by atoms with Gasteiger partial charge in [0.25, 0.3) is 0 Å². The van der Waals surface area contributed by atoms with Crippen molar-refractivity contribution in [3.05, 3.63) is 46.8 Å². The first-order valence-electron chi connectivity index (χ1n) is 8.19. The molecule has 0 amide bonds. The van der Waals surface area contributed by atoms with Crippen molar-refractivity contribution in [2.75, 3.05) is 37.8 Å². The second kappa shape index (κ2) is 8.26. The SMILES string of the molecule is CN(C)CCCNc1cc(NCc2cccnc2)n2ncc(Br)c2n1. The molecule has 0 aliphatic carbocycles. The van der Waals surface area contributed by atoms with Gasteiger partial charge in [0.05, 0.1) is 10.7 Å². The summed E-state index contributed by atoms with van der Waals surface area (Å²) < 4.78 is 2.67. The van der Waals surface area contributed by atoms with Crippen LogP contribution in [0.25, 0.3) is 5.65 Å². The van der Waals surface area contributed by atoms with Crippen LogP contribution in [-0.2, 0) is 6.54 Å². The van der Waals surface area contributed by atoms with Gasteiger partial charge in [0.2, 0.25) is 0 Å². The molecule has 0 aliphatic rings. The third-order valence-electron chi connectivity index (χ3n) is 3.71. The van der Waals surface area contributed by atoms with Gasteiger partial charge in [0, 0.05) is 31.5 Å². The number of nitrogens with one attached hydrogen (secondary N) is 2. The van der Waals surface area contributed by atoms with Gasteiger partial charge in [-0.25, -0.2) is 4.98 Å². The quantitative estimate of drug-likeness (QED) is 0.563. The highest BCUT2D eigenvalue weighted by molar-refractivity contribution is 9.10. The molecule has 2 N–H and O–H groups in total. The van der Waals surface area contributed by atoms with Crippen LogP contribution in [0.2, 0.25) is 0 Å². The van der Waals surface area contributed by atoms with Crippen molar-refractivity contribution in [3.8, 4) is 0 Å². The van der Waals surface area contributed by atoms with Crippen LogP contribution in [0.1, 0.15) is 12.0 Å². The van der Waals surface area contributed by atoms with E-state index in [9.17, 15) is 0 Å². The molecular weight excluding hydrogens is 382 g/mol. The van der Waals surface area contributed by atoms with Crippen molar-refractivity contribution < 1.29 is 0 Å². The summed E-state index contributed by atoms with van der Waals surface area (Å²) in [5.74, 6) is 1.72. The highest BCUT2D eigenvalue weighted by Gasteiger charge is 2.10. The molecule has 0 saturated heterocycles. The van der Waals surface area contributed by atoms with Gasteiger partial charge in [-0.1, -0.05) is 6.07 Å². The van der Waals surface area contributed by atoms with Gasteiger partial charge >= 0.3 is 0 Å². The highest BCUT2D eigenvalue weighted by Crippen LogP contribution is 2.22. The van der Waals surface area contributed by atoms with Gasteiger partial charge in [0.15, 0.2) is 5.65 Å². The van der Waals surface area contributed by atoms with E-state index < -0.39 is 0 Å². The Labute approximate surface area is 155 Å². The number of aromatic nitrogens is 4. The molecule has 0 fully saturated rings. The minimum Gasteiger partial charge on any atom is -0.370 e. The average molecular weight is 404 g/mol. The number of fused-ring (bicyclic) bond motifs is 1. The second-order valence-corrected chi connectivity index (χ2v) is 6.91. The van der Waals surface area contributed by atoms with Crippen LogP contribution in [0.4, 0.5) is 11.6 Å². The molecule has 0 spiro atoms. The zero-order chi connectivity index (χ0) is 17.6. The lowest BCUT2D eigenvalue weighted by molar-refractivity contribution is 0.405. The Hall–Kier alpha value is -2.19. The number of rotatable bonds is 8. The summed E-state index contributed by atoms with van der Waals surface area (Å²) in [5, 5.41) is 11.2. The summed E-state index contributed by atoms with van der Waals surface area (Å²) in [4.78, 5) is 11.0. The molecule has 0 saturated carbocycles. The van der Waals surface area contributed by atoms with Crippen LogP contribution in [-0.4, -0.2) is 51.7 Å². The molecule has 132 valence electrons. The Kier molecular flexibility index (Phi) is 5.83. The molecule has 3 rings (SSSR count). The normalized spacial score (nSPS) is 11.2. The molecule has 3 aromatic heterocycles. The third kappa shape index (κ3) is 4.67. The summed E-state index contributed by atoms with van der Waals surface area (Å²) >= 11 is 3.51. The maximum Gasteiger partial charge on any atom is 0.173 e. The van der Waals surface area contributed by atoms with E-state index in [-0.39, 0.29) is 0 Å². The summed E-state index contributed by atoms with van der Waals surface area (Å²) in [5.41, 5.74) is 1.89. The van der Waals surface area contributed by atoms with Crippen LogP contribution < -0.4 is 10.6 Å². The molecule has 0 bridgehead atoms.